The van der Waals surface area contributed by atoms with Crippen molar-refractivity contribution in [2.75, 3.05) is 5.32 Å². The minimum absolute atomic E-state index is 0.176. The molecule has 37 heavy (non-hydrogen) atoms. The molecule has 4 aromatic rings. The lowest BCUT2D eigenvalue weighted by Crippen LogP contribution is -2.28. The third-order valence-electron chi connectivity index (χ3n) is 5.64. The molecule has 0 aliphatic heterocycles. The lowest BCUT2D eigenvalue weighted by molar-refractivity contribution is -0.120. The number of rotatable bonds is 11. The van der Waals surface area contributed by atoms with E-state index in [9.17, 15) is 4.79 Å². The van der Waals surface area contributed by atoms with Gasteiger partial charge < -0.3 is 5.32 Å². The zero-order chi connectivity index (χ0) is 26.0. The van der Waals surface area contributed by atoms with Gasteiger partial charge in [0.15, 0.2) is 11.0 Å². The molecule has 9 heteroatoms. The number of nitrogens with one attached hydrogen (secondary N) is 2. The smallest absolute Gasteiger partial charge is 0.253 e. The van der Waals surface area contributed by atoms with E-state index in [2.05, 4.69) is 72.9 Å². The number of carbonyl (C=O) groups is 1. The van der Waals surface area contributed by atoms with Crippen molar-refractivity contribution < 1.29 is 4.79 Å². The number of hydrogen-bond acceptors (Lipinski definition) is 6. The molecule has 1 amide bonds. The molecule has 0 aliphatic carbocycles. The van der Waals surface area contributed by atoms with Crippen LogP contribution in [0, 0.1) is 3.57 Å². The lowest BCUT2D eigenvalue weighted by atomic mass is 10.1. The van der Waals surface area contributed by atoms with Crippen LogP contribution in [0.2, 0.25) is 0 Å². The number of hydrazone groups is 1. The zero-order valence-corrected chi connectivity index (χ0v) is 23.7. The molecule has 190 valence electrons. The topological polar surface area (TPSA) is 84.2 Å². The Balaban J connectivity index is 1.46. The predicted molar refractivity (Wildman–Crippen MR) is 159 cm³/mol. The van der Waals surface area contributed by atoms with E-state index >= 15 is 0 Å². The van der Waals surface area contributed by atoms with E-state index in [4.69, 9.17) is 0 Å². The maximum atomic E-state index is 12.9. The van der Waals surface area contributed by atoms with E-state index in [1.54, 1.807) is 0 Å². The summed E-state index contributed by atoms with van der Waals surface area (Å²) in [5.41, 5.74) is 6.79. The maximum Gasteiger partial charge on any atom is 0.253 e. The molecule has 0 bridgehead atoms. The van der Waals surface area contributed by atoms with Crippen molar-refractivity contribution >= 4 is 51.7 Å². The quantitative estimate of drug-likeness (QED) is 0.0914. The number of hydrogen-bond donors (Lipinski definition) is 2. The van der Waals surface area contributed by atoms with Crippen LogP contribution in [0.3, 0.4) is 0 Å². The first-order chi connectivity index (χ1) is 18.0. The fourth-order valence-electron chi connectivity index (χ4n) is 3.59. The minimum Gasteiger partial charge on any atom is -0.378 e. The highest BCUT2D eigenvalue weighted by Gasteiger charge is 2.21. The summed E-state index contributed by atoms with van der Waals surface area (Å²) < 4.78 is 3.17. The van der Waals surface area contributed by atoms with Gasteiger partial charge in [-0.2, -0.15) is 5.10 Å². The highest BCUT2D eigenvalue weighted by atomic mass is 127. The Kier molecular flexibility index (Phi) is 9.72. The third-order valence-corrected chi connectivity index (χ3v) is 7.41. The second-order valence-electron chi connectivity index (χ2n) is 8.36. The standard InChI is InChI=1S/C28H29IN6OS/c1-3-23(18-21-10-6-4-7-11-21)31-33-27(36)20(2)37-28-34-32-26(35(28)25-12-8-5-9-13-25)19-30-24-16-14-22(29)15-17-24/h4-17,20,30H,3,18-19H2,1-2H3,(H,33,36). The number of halogens is 1. The van der Waals surface area contributed by atoms with Crippen LogP contribution in [0.5, 0.6) is 0 Å². The first kappa shape index (κ1) is 26.9. The number of benzene rings is 3. The van der Waals surface area contributed by atoms with Crippen LogP contribution in [0.25, 0.3) is 5.69 Å². The molecule has 2 N–H and O–H groups in total. The molecule has 3 aromatic carbocycles. The molecule has 0 spiro atoms. The number of aromatic nitrogens is 3. The van der Waals surface area contributed by atoms with Crippen molar-refractivity contribution in [3.63, 3.8) is 0 Å². The van der Waals surface area contributed by atoms with E-state index in [1.165, 1.54) is 20.9 Å². The van der Waals surface area contributed by atoms with Gasteiger partial charge in [-0.3, -0.25) is 9.36 Å². The number of amides is 1. The molecular weight excluding hydrogens is 595 g/mol. The lowest BCUT2D eigenvalue weighted by Gasteiger charge is -2.14. The van der Waals surface area contributed by atoms with Gasteiger partial charge in [-0.1, -0.05) is 67.2 Å². The number of para-hydroxylation sites is 1. The largest absolute Gasteiger partial charge is 0.378 e. The number of carbonyl (C=O) groups excluding carboxylic acids is 1. The minimum atomic E-state index is -0.415. The van der Waals surface area contributed by atoms with Crippen LogP contribution in [0.4, 0.5) is 5.69 Å². The van der Waals surface area contributed by atoms with Crippen molar-refractivity contribution in [3.05, 3.63) is 99.9 Å². The van der Waals surface area contributed by atoms with Crippen LogP contribution in [-0.4, -0.2) is 31.6 Å². The van der Waals surface area contributed by atoms with E-state index < -0.39 is 5.25 Å². The summed E-state index contributed by atoms with van der Waals surface area (Å²) >= 11 is 3.65. The molecule has 0 saturated heterocycles. The molecule has 1 aromatic heterocycles. The Hall–Kier alpha value is -3.18. The van der Waals surface area contributed by atoms with Crippen LogP contribution in [0.1, 0.15) is 31.7 Å². The van der Waals surface area contributed by atoms with E-state index in [1.807, 2.05) is 79.1 Å². The van der Waals surface area contributed by atoms with Gasteiger partial charge in [0, 0.05) is 27.1 Å². The van der Waals surface area contributed by atoms with E-state index in [0.717, 1.165) is 29.3 Å². The monoisotopic (exact) mass is 624 g/mol. The molecule has 0 saturated carbocycles. The van der Waals surface area contributed by atoms with Gasteiger partial charge in [0.05, 0.1) is 11.8 Å². The number of anilines is 1. The van der Waals surface area contributed by atoms with Gasteiger partial charge in [-0.15, -0.1) is 10.2 Å². The van der Waals surface area contributed by atoms with Crippen molar-refractivity contribution in [3.8, 4) is 5.69 Å². The van der Waals surface area contributed by atoms with Crippen LogP contribution < -0.4 is 10.7 Å². The van der Waals surface area contributed by atoms with Crippen molar-refractivity contribution in [2.45, 2.75) is 43.6 Å². The van der Waals surface area contributed by atoms with Crippen molar-refractivity contribution in [1.29, 1.82) is 0 Å². The molecule has 0 aliphatic rings. The highest BCUT2D eigenvalue weighted by molar-refractivity contribution is 14.1. The second-order valence-corrected chi connectivity index (χ2v) is 10.9. The van der Waals surface area contributed by atoms with Crippen LogP contribution in [0.15, 0.2) is 95.2 Å². The molecule has 1 unspecified atom stereocenters. The van der Waals surface area contributed by atoms with Crippen LogP contribution >= 0.6 is 34.4 Å². The fourth-order valence-corrected chi connectivity index (χ4v) is 4.83. The zero-order valence-electron chi connectivity index (χ0n) is 20.8. The first-order valence-corrected chi connectivity index (χ1v) is 14.0. The second kappa shape index (κ2) is 13.4. The maximum absolute atomic E-state index is 12.9. The van der Waals surface area contributed by atoms with Gasteiger partial charge in [0.1, 0.15) is 0 Å². The van der Waals surface area contributed by atoms with E-state index in [-0.39, 0.29) is 5.91 Å². The average molecular weight is 625 g/mol. The summed E-state index contributed by atoms with van der Waals surface area (Å²) in [6.07, 6.45) is 1.47. The Morgan fingerprint density at radius 2 is 1.68 bits per heavy atom. The van der Waals surface area contributed by atoms with Gasteiger partial charge in [-0.25, -0.2) is 5.43 Å². The van der Waals surface area contributed by atoms with Gasteiger partial charge in [-0.05, 0) is 77.9 Å². The summed E-state index contributed by atoms with van der Waals surface area (Å²) in [5, 5.41) is 16.9. The summed E-state index contributed by atoms with van der Waals surface area (Å²) in [4.78, 5) is 12.9. The predicted octanol–water partition coefficient (Wildman–Crippen LogP) is 6.09. The Morgan fingerprint density at radius 1 is 1.00 bits per heavy atom. The molecule has 1 heterocycles. The Bertz CT molecular complexity index is 1330. The van der Waals surface area contributed by atoms with Gasteiger partial charge in [0.25, 0.3) is 5.91 Å². The van der Waals surface area contributed by atoms with Gasteiger partial charge >= 0.3 is 0 Å². The fraction of sp³-hybridized carbons (Fsp3) is 0.214. The Labute approximate surface area is 235 Å². The summed E-state index contributed by atoms with van der Waals surface area (Å²) in [6.45, 7) is 4.39. The first-order valence-electron chi connectivity index (χ1n) is 12.1. The van der Waals surface area contributed by atoms with Crippen molar-refractivity contribution in [1.82, 2.24) is 20.2 Å². The summed E-state index contributed by atoms with van der Waals surface area (Å²) in [5.74, 6) is 0.583. The number of nitrogens with zero attached hydrogens (tertiary/aromatic N) is 4. The molecule has 4 rings (SSSR count). The normalized spacial score (nSPS) is 12.2. The molecule has 1 atom stereocenters. The van der Waals surface area contributed by atoms with Crippen LogP contribution in [-0.2, 0) is 17.8 Å². The number of thioether (sulfide) groups is 1. The molecule has 0 fully saturated rings. The SMILES string of the molecule is CCC(Cc1ccccc1)=NNC(=O)C(C)Sc1nnc(CNc2ccc(I)cc2)n1-c1ccccc1. The molecular formula is C28H29IN6OS. The highest BCUT2D eigenvalue weighted by Crippen LogP contribution is 2.26. The summed E-state index contributed by atoms with van der Waals surface area (Å²) in [7, 11) is 0. The molecule has 0 radical (unpaired) electrons. The molecule has 7 nitrogen and oxygen atoms in total. The summed E-state index contributed by atoms with van der Waals surface area (Å²) in [6, 6.07) is 28.3. The Morgan fingerprint density at radius 3 is 2.35 bits per heavy atom. The van der Waals surface area contributed by atoms with Gasteiger partial charge in [0.2, 0.25) is 0 Å². The third kappa shape index (κ3) is 7.65. The van der Waals surface area contributed by atoms with E-state index in [0.29, 0.717) is 18.1 Å². The van der Waals surface area contributed by atoms with Crippen molar-refractivity contribution in [2.24, 2.45) is 5.10 Å². The average Bonchev–Trinajstić information content (AvgIpc) is 3.33.